The summed E-state index contributed by atoms with van der Waals surface area (Å²) < 4.78 is 41.5. The molecule has 0 fully saturated rings. The SMILES string of the molecule is O=C(Cn1nc(C(F)(F)F)c2c1CCCCC2)Nc1ccc(-c2ccccc2)cc1. The maximum absolute atomic E-state index is 13.4. The third-order valence-corrected chi connectivity index (χ3v) is 5.34. The van der Waals surface area contributed by atoms with Crippen molar-refractivity contribution in [2.24, 2.45) is 0 Å². The van der Waals surface area contributed by atoms with Crippen molar-refractivity contribution in [2.45, 2.75) is 44.8 Å². The van der Waals surface area contributed by atoms with Crippen molar-refractivity contribution in [3.8, 4) is 11.1 Å². The number of hydrogen-bond donors (Lipinski definition) is 1. The molecule has 30 heavy (non-hydrogen) atoms. The van der Waals surface area contributed by atoms with Crippen LogP contribution in [0, 0.1) is 0 Å². The molecule has 0 atom stereocenters. The van der Waals surface area contributed by atoms with Gasteiger partial charge in [0.2, 0.25) is 5.91 Å². The summed E-state index contributed by atoms with van der Waals surface area (Å²) in [6.45, 7) is -0.237. The number of rotatable bonds is 4. The normalized spacial score (nSPS) is 14.1. The molecule has 1 aliphatic rings. The second-order valence-electron chi connectivity index (χ2n) is 7.48. The molecule has 1 aliphatic carbocycles. The van der Waals surface area contributed by atoms with Crippen molar-refractivity contribution in [1.82, 2.24) is 9.78 Å². The van der Waals surface area contributed by atoms with Gasteiger partial charge in [0.15, 0.2) is 5.69 Å². The second kappa shape index (κ2) is 8.34. The van der Waals surface area contributed by atoms with Crippen LogP contribution in [0.3, 0.4) is 0 Å². The molecule has 1 amide bonds. The third-order valence-electron chi connectivity index (χ3n) is 5.34. The van der Waals surface area contributed by atoms with Crippen LogP contribution in [0.2, 0.25) is 0 Å². The van der Waals surface area contributed by atoms with Gasteiger partial charge in [-0.05, 0) is 48.9 Å². The predicted octanol–water partition coefficient (Wildman–Crippen LogP) is 5.48. The molecule has 0 saturated carbocycles. The molecule has 156 valence electrons. The van der Waals surface area contributed by atoms with E-state index in [1.165, 1.54) is 4.68 Å². The van der Waals surface area contributed by atoms with E-state index in [9.17, 15) is 18.0 Å². The van der Waals surface area contributed by atoms with Crippen molar-refractivity contribution >= 4 is 11.6 Å². The van der Waals surface area contributed by atoms with E-state index >= 15 is 0 Å². The highest BCUT2D eigenvalue weighted by Crippen LogP contribution is 2.35. The number of anilines is 1. The van der Waals surface area contributed by atoms with Gasteiger partial charge in [0.25, 0.3) is 0 Å². The topological polar surface area (TPSA) is 46.9 Å². The second-order valence-corrected chi connectivity index (χ2v) is 7.48. The van der Waals surface area contributed by atoms with Crippen molar-refractivity contribution in [3.05, 3.63) is 71.5 Å². The number of halogens is 3. The molecule has 4 rings (SSSR count). The zero-order valence-electron chi connectivity index (χ0n) is 16.4. The number of hydrogen-bond acceptors (Lipinski definition) is 2. The van der Waals surface area contributed by atoms with E-state index in [-0.39, 0.29) is 12.1 Å². The van der Waals surface area contributed by atoms with Gasteiger partial charge in [-0.25, -0.2) is 0 Å². The number of carbonyl (C=O) groups is 1. The van der Waals surface area contributed by atoms with E-state index in [0.29, 0.717) is 30.6 Å². The minimum atomic E-state index is -4.51. The summed E-state index contributed by atoms with van der Waals surface area (Å²) >= 11 is 0. The molecule has 0 saturated heterocycles. The number of carbonyl (C=O) groups excluding carboxylic acids is 1. The van der Waals surface area contributed by atoms with Gasteiger partial charge in [-0.3, -0.25) is 9.48 Å². The summed E-state index contributed by atoms with van der Waals surface area (Å²) in [4.78, 5) is 12.5. The lowest BCUT2D eigenvalue weighted by Gasteiger charge is -2.09. The number of nitrogens with zero attached hydrogens (tertiary/aromatic N) is 2. The third kappa shape index (κ3) is 4.40. The highest BCUT2D eigenvalue weighted by molar-refractivity contribution is 5.90. The molecule has 2 aromatic carbocycles. The van der Waals surface area contributed by atoms with Crippen LogP contribution in [0.25, 0.3) is 11.1 Å². The van der Waals surface area contributed by atoms with E-state index in [4.69, 9.17) is 0 Å². The average Bonchev–Trinajstić information content (AvgIpc) is 2.90. The first-order valence-corrected chi connectivity index (χ1v) is 10.0. The Morgan fingerprint density at radius 1 is 0.933 bits per heavy atom. The molecule has 7 heteroatoms. The first-order valence-electron chi connectivity index (χ1n) is 10.0. The van der Waals surface area contributed by atoms with Gasteiger partial charge >= 0.3 is 6.18 Å². The van der Waals surface area contributed by atoms with E-state index in [1.54, 1.807) is 12.1 Å². The van der Waals surface area contributed by atoms with Crippen LogP contribution < -0.4 is 5.32 Å². The smallest absolute Gasteiger partial charge is 0.324 e. The lowest BCUT2D eigenvalue weighted by atomic mass is 10.1. The van der Waals surface area contributed by atoms with E-state index in [1.807, 2.05) is 42.5 Å². The average molecular weight is 413 g/mol. The van der Waals surface area contributed by atoms with Crippen molar-refractivity contribution in [1.29, 1.82) is 0 Å². The standard InChI is InChI=1S/C23H22F3N3O/c24-23(25,26)22-19-9-5-2-6-10-20(19)29(28-22)15-21(30)27-18-13-11-17(12-14-18)16-7-3-1-4-8-16/h1,3-4,7-8,11-14H,2,5-6,9-10,15H2,(H,27,30). The molecular weight excluding hydrogens is 391 g/mol. The quantitative estimate of drug-likeness (QED) is 0.576. The first-order chi connectivity index (χ1) is 14.4. The van der Waals surface area contributed by atoms with Crippen molar-refractivity contribution in [2.75, 3.05) is 5.32 Å². The summed E-state index contributed by atoms with van der Waals surface area (Å²) in [5, 5.41) is 6.53. The summed E-state index contributed by atoms with van der Waals surface area (Å²) in [6, 6.07) is 17.2. The minimum Gasteiger partial charge on any atom is -0.324 e. The van der Waals surface area contributed by atoms with Crippen LogP contribution in [0.5, 0.6) is 0 Å². The largest absolute Gasteiger partial charge is 0.435 e. The van der Waals surface area contributed by atoms with Crippen LogP contribution in [0.4, 0.5) is 18.9 Å². The Morgan fingerprint density at radius 2 is 1.60 bits per heavy atom. The number of aromatic nitrogens is 2. The molecule has 0 spiro atoms. The molecule has 3 aromatic rings. The zero-order valence-corrected chi connectivity index (χ0v) is 16.4. The number of amides is 1. The molecular formula is C23H22F3N3O. The van der Waals surface area contributed by atoms with Crippen LogP contribution in [0.15, 0.2) is 54.6 Å². The Hall–Kier alpha value is -3.09. The van der Waals surface area contributed by atoms with Gasteiger partial charge in [-0.2, -0.15) is 18.3 Å². The van der Waals surface area contributed by atoms with E-state index in [0.717, 1.165) is 24.0 Å². The molecule has 0 bridgehead atoms. The predicted molar refractivity (Wildman–Crippen MR) is 109 cm³/mol. The molecule has 1 heterocycles. The van der Waals surface area contributed by atoms with Gasteiger partial charge in [-0.1, -0.05) is 48.9 Å². The number of fused-ring (bicyclic) bond motifs is 1. The number of benzene rings is 2. The van der Waals surface area contributed by atoms with Crippen LogP contribution in [-0.2, 0) is 30.4 Å². The number of alkyl halides is 3. The molecule has 0 unspecified atom stereocenters. The van der Waals surface area contributed by atoms with Crippen LogP contribution in [-0.4, -0.2) is 15.7 Å². The maximum atomic E-state index is 13.4. The van der Waals surface area contributed by atoms with Crippen molar-refractivity contribution in [3.63, 3.8) is 0 Å². The van der Waals surface area contributed by atoms with Gasteiger partial charge in [0.1, 0.15) is 6.54 Å². The molecule has 0 aliphatic heterocycles. The van der Waals surface area contributed by atoms with Crippen LogP contribution >= 0.6 is 0 Å². The lowest BCUT2D eigenvalue weighted by molar-refractivity contribution is -0.142. The fraction of sp³-hybridized carbons (Fsp3) is 0.304. The molecule has 4 nitrogen and oxygen atoms in total. The molecule has 0 radical (unpaired) electrons. The highest BCUT2D eigenvalue weighted by Gasteiger charge is 2.39. The van der Waals surface area contributed by atoms with Gasteiger partial charge in [-0.15, -0.1) is 0 Å². The fourth-order valence-electron chi connectivity index (χ4n) is 3.92. The van der Waals surface area contributed by atoms with Crippen LogP contribution in [0.1, 0.15) is 36.2 Å². The van der Waals surface area contributed by atoms with Gasteiger partial charge in [0, 0.05) is 16.9 Å². The molecule has 1 N–H and O–H groups in total. The van der Waals surface area contributed by atoms with Gasteiger partial charge in [0.05, 0.1) is 0 Å². The van der Waals surface area contributed by atoms with E-state index < -0.39 is 17.8 Å². The number of nitrogens with one attached hydrogen (secondary N) is 1. The Bertz CT molecular complexity index is 1020. The Morgan fingerprint density at radius 3 is 2.30 bits per heavy atom. The molecule has 1 aromatic heterocycles. The first kappa shape index (κ1) is 20.2. The van der Waals surface area contributed by atoms with Crippen molar-refractivity contribution < 1.29 is 18.0 Å². The summed E-state index contributed by atoms with van der Waals surface area (Å²) in [6.07, 6.45) is -1.25. The maximum Gasteiger partial charge on any atom is 0.435 e. The monoisotopic (exact) mass is 413 g/mol. The Balaban J connectivity index is 1.50. The highest BCUT2D eigenvalue weighted by atomic mass is 19.4. The zero-order chi connectivity index (χ0) is 21.1. The summed E-state index contributed by atoms with van der Waals surface area (Å²) in [7, 11) is 0. The Kier molecular flexibility index (Phi) is 5.61. The Labute approximate surface area is 172 Å². The minimum absolute atomic E-state index is 0.237. The lowest BCUT2D eigenvalue weighted by Crippen LogP contribution is -2.21. The fourth-order valence-corrected chi connectivity index (χ4v) is 3.92. The van der Waals surface area contributed by atoms with Gasteiger partial charge < -0.3 is 5.32 Å². The van der Waals surface area contributed by atoms with E-state index in [2.05, 4.69) is 10.4 Å². The summed E-state index contributed by atoms with van der Waals surface area (Å²) in [5.41, 5.74) is 2.61. The summed E-state index contributed by atoms with van der Waals surface area (Å²) in [5.74, 6) is -0.397.